The molecule has 1 aromatic heterocycles. The predicted octanol–water partition coefficient (Wildman–Crippen LogP) is 1.34. The second kappa shape index (κ2) is 5.10. The van der Waals surface area contributed by atoms with Gasteiger partial charge in [0.2, 0.25) is 5.88 Å². The summed E-state index contributed by atoms with van der Waals surface area (Å²) in [7, 11) is 0. The van der Waals surface area contributed by atoms with Gasteiger partial charge in [0.1, 0.15) is 12.3 Å². The van der Waals surface area contributed by atoms with Crippen LogP contribution in [-0.2, 0) is 6.54 Å². The maximum absolute atomic E-state index is 5.65. The quantitative estimate of drug-likeness (QED) is 0.812. The molecule has 98 valence electrons. The zero-order valence-corrected chi connectivity index (χ0v) is 10.9. The van der Waals surface area contributed by atoms with Crippen molar-refractivity contribution in [2.75, 3.05) is 24.6 Å². The van der Waals surface area contributed by atoms with Gasteiger partial charge in [0.25, 0.3) is 0 Å². The Labute approximate surface area is 108 Å². The summed E-state index contributed by atoms with van der Waals surface area (Å²) in [6, 6.07) is 0.551. The van der Waals surface area contributed by atoms with E-state index in [-0.39, 0.29) is 0 Å². The number of nitrogens with one attached hydrogen (secondary N) is 1. The number of nitrogens with zero attached hydrogens (tertiary/aromatic N) is 3. The summed E-state index contributed by atoms with van der Waals surface area (Å²) in [4.78, 5) is 11.5. The molecule has 2 aliphatic rings. The largest absolute Gasteiger partial charge is 0.475 e. The molecule has 0 amide bonds. The van der Waals surface area contributed by atoms with Crippen LogP contribution < -0.4 is 15.0 Å². The number of hydrogen-bond acceptors (Lipinski definition) is 5. The van der Waals surface area contributed by atoms with Gasteiger partial charge in [0.05, 0.1) is 6.20 Å². The van der Waals surface area contributed by atoms with E-state index in [1.165, 1.54) is 19.3 Å². The van der Waals surface area contributed by atoms with Crippen molar-refractivity contribution in [1.29, 1.82) is 0 Å². The van der Waals surface area contributed by atoms with E-state index in [4.69, 9.17) is 4.74 Å². The fourth-order valence-corrected chi connectivity index (χ4v) is 2.63. The molecule has 18 heavy (non-hydrogen) atoms. The van der Waals surface area contributed by atoms with E-state index >= 15 is 0 Å². The van der Waals surface area contributed by atoms with Crippen molar-refractivity contribution in [3.63, 3.8) is 0 Å². The van der Waals surface area contributed by atoms with Crippen molar-refractivity contribution in [3.05, 3.63) is 11.9 Å². The molecular weight excluding hydrogens is 228 g/mol. The summed E-state index contributed by atoms with van der Waals surface area (Å²) in [6.07, 6.45) is 5.68. The van der Waals surface area contributed by atoms with Gasteiger partial charge < -0.3 is 15.0 Å². The molecule has 0 aliphatic carbocycles. The van der Waals surface area contributed by atoms with Crippen LogP contribution in [-0.4, -0.2) is 35.7 Å². The van der Waals surface area contributed by atoms with E-state index in [9.17, 15) is 0 Å². The van der Waals surface area contributed by atoms with Crippen molar-refractivity contribution in [1.82, 2.24) is 15.3 Å². The molecule has 0 bridgehead atoms. The highest BCUT2D eigenvalue weighted by Gasteiger charge is 2.21. The molecule has 3 heterocycles. The number of anilines is 1. The third kappa shape index (κ3) is 2.27. The minimum Gasteiger partial charge on any atom is -0.475 e. The molecule has 1 atom stereocenters. The normalized spacial score (nSPS) is 24.1. The molecule has 1 N–H and O–H groups in total. The number of fused-ring (bicyclic) bond motifs is 1. The molecule has 1 fully saturated rings. The molecule has 1 saturated heterocycles. The molecule has 5 nitrogen and oxygen atoms in total. The van der Waals surface area contributed by atoms with Crippen molar-refractivity contribution >= 4 is 5.82 Å². The fourth-order valence-electron chi connectivity index (χ4n) is 2.63. The number of rotatable bonds is 1. The molecule has 0 radical (unpaired) electrons. The van der Waals surface area contributed by atoms with Crippen molar-refractivity contribution in [2.45, 2.75) is 38.8 Å². The molecule has 0 aromatic carbocycles. The maximum Gasteiger partial charge on any atom is 0.239 e. The van der Waals surface area contributed by atoms with Gasteiger partial charge in [0.15, 0.2) is 5.82 Å². The summed E-state index contributed by atoms with van der Waals surface area (Å²) in [5, 5.41) is 3.27. The van der Waals surface area contributed by atoms with Crippen LogP contribution in [0.25, 0.3) is 0 Å². The van der Waals surface area contributed by atoms with Gasteiger partial charge >= 0.3 is 0 Å². The first-order chi connectivity index (χ1) is 8.84. The lowest BCUT2D eigenvalue weighted by Gasteiger charge is -2.34. The highest BCUT2D eigenvalue weighted by molar-refractivity contribution is 5.41. The van der Waals surface area contributed by atoms with Gasteiger partial charge in [-0.2, -0.15) is 4.98 Å². The highest BCUT2D eigenvalue weighted by Crippen LogP contribution is 2.25. The third-order valence-corrected chi connectivity index (χ3v) is 3.71. The minimum absolute atomic E-state index is 0.551. The number of ether oxygens (including phenoxy) is 1. The lowest BCUT2D eigenvalue weighted by atomic mass is 10.0. The monoisotopic (exact) mass is 248 g/mol. The van der Waals surface area contributed by atoms with Crippen LogP contribution in [0.2, 0.25) is 0 Å². The highest BCUT2D eigenvalue weighted by atomic mass is 16.5. The Balaban J connectivity index is 1.86. The van der Waals surface area contributed by atoms with Gasteiger partial charge in [-0.05, 0) is 26.2 Å². The smallest absolute Gasteiger partial charge is 0.239 e. The Hall–Kier alpha value is -1.36. The average Bonchev–Trinajstić information content (AvgIpc) is 2.63. The Kier molecular flexibility index (Phi) is 3.32. The van der Waals surface area contributed by atoms with E-state index in [0.717, 1.165) is 31.1 Å². The molecule has 3 rings (SSSR count). The Bertz CT molecular complexity index is 423. The fraction of sp³-hybridized carbons (Fsp3) is 0.692. The molecular formula is C13H20N4O. The van der Waals surface area contributed by atoms with Crippen LogP contribution in [0.1, 0.15) is 31.9 Å². The standard InChI is InChI=1S/C13H20N4O/c1-10-4-2-3-6-17(10)12-9-15-11-8-14-5-7-18-13(11)16-12/h9-10,14H,2-8H2,1H3. The van der Waals surface area contributed by atoms with E-state index in [2.05, 4.69) is 27.1 Å². The average molecular weight is 248 g/mol. The zero-order chi connectivity index (χ0) is 12.4. The molecule has 5 heteroatoms. The summed E-state index contributed by atoms with van der Waals surface area (Å²) in [5.41, 5.74) is 0.918. The SMILES string of the molecule is CC1CCCCN1c1cnc2c(n1)OCCNC2. The first-order valence-corrected chi connectivity index (χ1v) is 6.80. The Morgan fingerprint density at radius 3 is 3.28 bits per heavy atom. The molecule has 1 aromatic rings. The Morgan fingerprint density at radius 1 is 1.44 bits per heavy atom. The van der Waals surface area contributed by atoms with Crippen LogP contribution in [0.4, 0.5) is 5.82 Å². The van der Waals surface area contributed by atoms with Gasteiger partial charge in [-0.15, -0.1) is 0 Å². The van der Waals surface area contributed by atoms with Crippen LogP contribution >= 0.6 is 0 Å². The van der Waals surface area contributed by atoms with Crippen molar-refractivity contribution in [3.8, 4) is 5.88 Å². The van der Waals surface area contributed by atoms with Gasteiger partial charge in [-0.3, -0.25) is 4.98 Å². The van der Waals surface area contributed by atoms with Crippen LogP contribution in [0.3, 0.4) is 0 Å². The summed E-state index contributed by atoms with van der Waals surface area (Å²) in [6.45, 7) is 5.61. The van der Waals surface area contributed by atoms with Gasteiger partial charge in [0, 0.05) is 25.7 Å². The lowest BCUT2D eigenvalue weighted by molar-refractivity contribution is 0.312. The minimum atomic E-state index is 0.551. The van der Waals surface area contributed by atoms with Gasteiger partial charge in [-0.1, -0.05) is 0 Å². The number of hydrogen-bond donors (Lipinski definition) is 1. The second-order valence-corrected chi connectivity index (χ2v) is 5.04. The molecule has 2 aliphatic heterocycles. The third-order valence-electron chi connectivity index (χ3n) is 3.71. The topological polar surface area (TPSA) is 50.3 Å². The first kappa shape index (κ1) is 11.7. The van der Waals surface area contributed by atoms with Crippen molar-refractivity contribution in [2.24, 2.45) is 0 Å². The summed E-state index contributed by atoms with van der Waals surface area (Å²) < 4.78 is 5.65. The van der Waals surface area contributed by atoms with Crippen LogP contribution in [0.5, 0.6) is 5.88 Å². The molecule has 0 spiro atoms. The number of aromatic nitrogens is 2. The van der Waals surface area contributed by atoms with Crippen molar-refractivity contribution < 1.29 is 4.74 Å². The number of piperidine rings is 1. The van der Waals surface area contributed by atoms with Crippen LogP contribution in [0.15, 0.2) is 6.20 Å². The molecule has 0 saturated carbocycles. The second-order valence-electron chi connectivity index (χ2n) is 5.04. The summed E-state index contributed by atoms with van der Waals surface area (Å²) >= 11 is 0. The van der Waals surface area contributed by atoms with E-state index in [1.807, 2.05) is 6.20 Å². The van der Waals surface area contributed by atoms with Crippen LogP contribution in [0, 0.1) is 0 Å². The van der Waals surface area contributed by atoms with E-state index in [1.54, 1.807) is 0 Å². The maximum atomic E-state index is 5.65. The first-order valence-electron chi connectivity index (χ1n) is 6.80. The van der Waals surface area contributed by atoms with E-state index < -0.39 is 0 Å². The molecule has 1 unspecified atom stereocenters. The van der Waals surface area contributed by atoms with Gasteiger partial charge in [-0.25, -0.2) is 0 Å². The van der Waals surface area contributed by atoms with E-state index in [0.29, 0.717) is 18.5 Å². The summed E-state index contributed by atoms with van der Waals surface area (Å²) in [5.74, 6) is 1.66. The predicted molar refractivity (Wildman–Crippen MR) is 69.9 cm³/mol. The Morgan fingerprint density at radius 2 is 2.39 bits per heavy atom. The zero-order valence-electron chi connectivity index (χ0n) is 10.9. The lowest BCUT2D eigenvalue weighted by Crippen LogP contribution is -2.38.